The van der Waals surface area contributed by atoms with Crippen molar-refractivity contribution in [1.29, 1.82) is 0 Å². The Labute approximate surface area is 151 Å². The number of ether oxygens (including phenoxy) is 2. The molecule has 0 atom stereocenters. The van der Waals surface area contributed by atoms with Crippen LogP contribution in [0.4, 0.5) is 0 Å². The smallest absolute Gasteiger partial charge is 0.257 e. The first-order valence-electron chi connectivity index (χ1n) is 7.92. The molecule has 2 aromatic rings. The summed E-state index contributed by atoms with van der Waals surface area (Å²) in [7, 11) is 1.79. The zero-order valence-corrected chi connectivity index (χ0v) is 15.6. The van der Waals surface area contributed by atoms with Gasteiger partial charge in [0.15, 0.2) is 0 Å². The molecule has 0 aliphatic heterocycles. The minimum absolute atomic E-state index is 0.0715. The molecule has 0 N–H and O–H groups in total. The summed E-state index contributed by atoms with van der Waals surface area (Å²) in [5.41, 5.74) is 1.62. The largest absolute Gasteiger partial charge is 0.490 e. The van der Waals surface area contributed by atoms with Gasteiger partial charge in [0, 0.05) is 24.7 Å². The highest BCUT2D eigenvalue weighted by Gasteiger charge is 2.17. The first kappa shape index (κ1) is 18.5. The van der Waals surface area contributed by atoms with Crippen LogP contribution in [0, 0.1) is 0 Å². The maximum Gasteiger partial charge on any atom is 0.257 e. The third-order valence-electron chi connectivity index (χ3n) is 3.52. The zero-order valence-electron chi connectivity index (χ0n) is 14.0. The van der Waals surface area contributed by atoms with Gasteiger partial charge in [-0.1, -0.05) is 46.3 Å². The van der Waals surface area contributed by atoms with Crippen LogP contribution in [0.5, 0.6) is 5.75 Å². The van der Waals surface area contributed by atoms with Crippen molar-refractivity contribution in [3.8, 4) is 5.75 Å². The van der Waals surface area contributed by atoms with Crippen molar-refractivity contribution in [1.82, 2.24) is 4.90 Å². The highest BCUT2D eigenvalue weighted by molar-refractivity contribution is 9.10. The molecule has 0 bridgehead atoms. The van der Waals surface area contributed by atoms with Gasteiger partial charge in [0.2, 0.25) is 0 Å². The number of hydrogen-bond donors (Lipinski definition) is 0. The lowest BCUT2D eigenvalue weighted by Crippen LogP contribution is -2.27. The lowest BCUT2D eigenvalue weighted by molar-refractivity contribution is 0.0774. The number of amides is 1. The predicted octanol–water partition coefficient (Wildman–Crippen LogP) is 4.14. The molecular formula is C19H22BrNO3. The Balaban J connectivity index is 2.07. The monoisotopic (exact) mass is 391 g/mol. The van der Waals surface area contributed by atoms with Gasteiger partial charge < -0.3 is 14.4 Å². The Kier molecular flexibility index (Phi) is 7.28. The van der Waals surface area contributed by atoms with E-state index in [9.17, 15) is 4.79 Å². The van der Waals surface area contributed by atoms with Crippen LogP contribution in [0.3, 0.4) is 0 Å². The molecule has 1 amide bonds. The van der Waals surface area contributed by atoms with E-state index < -0.39 is 0 Å². The van der Waals surface area contributed by atoms with Crippen molar-refractivity contribution in [2.24, 2.45) is 0 Å². The van der Waals surface area contributed by atoms with E-state index in [1.165, 1.54) is 0 Å². The van der Waals surface area contributed by atoms with E-state index in [0.29, 0.717) is 37.7 Å². The molecule has 0 unspecified atom stereocenters. The lowest BCUT2D eigenvalue weighted by Gasteiger charge is -2.20. The summed E-state index contributed by atoms with van der Waals surface area (Å²) in [5.74, 6) is 0.513. The van der Waals surface area contributed by atoms with Gasteiger partial charge in [0.05, 0.1) is 12.2 Å². The third-order valence-corrected chi connectivity index (χ3v) is 4.29. The van der Waals surface area contributed by atoms with Crippen LogP contribution in [0.25, 0.3) is 0 Å². The van der Waals surface area contributed by atoms with Gasteiger partial charge >= 0.3 is 0 Å². The summed E-state index contributed by atoms with van der Waals surface area (Å²) < 4.78 is 12.0. The molecule has 2 aromatic carbocycles. The number of nitrogens with zero attached hydrogens (tertiary/aromatic N) is 1. The molecule has 24 heavy (non-hydrogen) atoms. The minimum Gasteiger partial charge on any atom is -0.490 e. The summed E-state index contributed by atoms with van der Waals surface area (Å²) >= 11 is 3.52. The van der Waals surface area contributed by atoms with Crippen LogP contribution < -0.4 is 4.74 Å². The molecule has 0 radical (unpaired) electrons. The second kappa shape index (κ2) is 9.45. The topological polar surface area (TPSA) is 38.8 Å². The second-order valence-corrected chi connectivity index (χ2v) is 6.15. The molecule has 4 nitrogen and oxygen atoms in total. The number of benzene rings is 2. The predicted molar refractivity (Wildman–Crippen MR) is 98.4 cm³/mol. The van der Waals surface area contributed by atoms with E-state index in [0.717, 1.165) is 10.0 Å². The van der Waals surface area contributed by atoms with E-state index >= 15 is 0 Å². The normalized spacial score (nSPS) is 10.5. The summed E-state index contributed by atoms with van der Waals surface area (Å²) in [6.45, 7) is 4.04. The van der Waals surface area contributed by atoms with Gasteiger partial charge in [-0.3, -0.25) is 4.79 Å². The highest BCUT2D eigenvalue weighted by Crippen LogP contribution is 2.22. The summed E-state index contributed by atoms with van der Waals surface area (Å²) in [6.07, 6.45) is 0. The molecule has 0 aliphatic carbocycles. The Morgan fingerprint density at radius 1 is 1.08 bits per heavy atom. The average Bonchev–Trinajstić information content (AvgIpc) is 2.60. The Morgan fingerprint density at radius 2 is 1.79 bits per heavy atom. The Morgan fingerprint density at radius 3 is 2.54 bits per heavy atom. The van der Waals surface area contributed by atoms with Crippen LogP contribution in [0.15, 0.2) is 53.0 Å². The van der Waals surface area contributed by atoms with E-state index in [-0.39, 0.29) is 5.91 Å². The molecule has 128 valence electrons. The number of rotatable bonds is 8. The highest BCUT2D eigenvalue weighted by atomic mass is 79.9. The molecule has 0 aliphatic rings. The zero-order chi connectivity index (χ0) is 17.4. The number of hydrogen-bond acceptors (Lipinski definition) is 3. The van der Waals surface area contributed by atoms with E-state index in [2.05, 4.69) is 15.9 Å². The number of carbonyl (C=O) groups is 1. The van der Waals surface area contributed by atoms with Crippen molar-refractivity contribution in [2.45, 2.75) is 13.5 Å². The molecule has 0 saturated carbocycles. The van der Waals surface area contributed by atoms with Gasteiger partial charge in [-0.15, -0.1) is 0 Å². The van der Waals surface area contributed by atoms with Crippen LogP contribution in [0.2, 0.25) is 0 Å². The average molecular weight is 392 g/mol. The van der Waals surface area contributed by atoms with Crippen molar-refractivity contribution >= 4 is 21.8 Å². The second-order valence-electron chi connectivity index (χ2n) is 5.29. The van der Waals surface area contributed by atoms with E-state index in [1.54, 1.807) is 18.0 Å². The summed E-state index contributed by atoms with van der Waals surface area (Å²) in [4.78, 5) is 14.5. The molecule has 2 rings (SSSR count). The van der Waals surface area contributed by atoms with Crippen molar-refractivity contribution in [3.63, 3.8) is 0 Å². The first-order valence-corrected chi connectivity index (χ1v) is 8.71. The van der Waals surface area contributed by atoms with Crippen molar-refractivity contribution in [2.75, 3.05) is 26.9 Å². The van der Waals surface area contributed by atoms with E-state index in [4.69, 9.17) is 9.47 Å². The fourth-order valence-electron chi connectivity index (χ4n) is 2.28. The number of para-hydroxylation sites is 1. The first-order chi connectivity index (χ1) is 11.6. The maximum atomic E-state index is 12.8. The molecule has 0 aromatic heterocycles. The van der Waals surface area contributed by atoms with Crippen LogP contribution in [-0.4, -0.2) is 37.7 Å². The molecule has 0 saturated heterocycles. The van der Waals surface area contributed by atoms with Crippen molar-refractivity contribution in [3.05, 3.63) is 64.1 Å². The SMILES string of the molecule is CCOCCOc1ccccc1C(=O)N(C)Cc1ccccc1Br. The fraction of sp³-hybridized carbons (Fsp3) is 0.316. The third kappa shape index (κ3) is 5.08. The Bertz CT molecular complexity index is 675. The summed E-state index contributed by atoms with van der Waals surface area (Å²) in [5, 5.41) is 0. The van der Waals surface area contributed by atoms with Crippen LogP contribution >= 0.6 is 15.9 Å². The molecule has 5 heteroatoms. The standard InChI is InChI=1S/C19H22BrNO3/c1-3-23-12-13-24-18-11-7-5-9-16(18)19(22)21(2)14-15-8-4-6-10-17(15)20/h4-11H,3,12-14H2,1-2H3. The molecular weight excluding hydrogens is 370 g/mol. The van der Waals surface area contributed by atoms with Gasteiger partial charge in [-0.2, -0.15) is 0 Å². The number of carbonyl (C=O) groups excluding carboxylic acids is 1. The van der Waals surface area contributed by atoms with Crippen LogP contribution in [0.1, 0.15) is 22.8 Å². The van der Waals surface area contributed by atoms with Gasteiger partial charge in [0.25, 0.3) is 5.91 Å². The number of halogens is 1. The van der Waals surface area contributed by atoms with Crippen LogP contribution in [-0.2, 0) is 11.3 Å². The van der Waals surface area contributed by atoms with E-state index in [1.807, 2.05) is 49.4 Å². The van der Waals surface area contributed by atoms with Crippen molar-refractivity contribution < 1.29 is 14.3 Å². The quantitative estimate of drug-likeness (QED) is 0.634. The summed E-state index contributed by atoms with van der Waals surface area (Å²) in [6, 6.07) is 15.2. The molecule has 0 spiro atoms. The maximum absolute atomic E-state index is 12.8. The molecule has 0 heterocycles. The Hall–Kier alpha value is -1.85. The van der Waals surface area contributed by atoms with Gasteiger partial charge in [-0.25, -0.2) is 0 Å². The lowest BCUT2D eigenvalue weighted by atomic mass is 10.1. The molecule has 0 fully saturated rings. The fourth-order valence-corrected chi connectivity index (χ4v) is 2.69. The van der Waals surface area contributed by atoms with Gasteiger partial charge in [-0.05, 0) is 30.7 Å². The minimum atomic E-state index is -0.0715. The van der Waals surface area contributed by atoms with Gasteiger partial charge in [0.1, 0.15) is 12.4 Å².